The molecule has 0 radical (unpaired) electrons. The number of hydrogen-bond acceptors (Lipinski definition) is 5. The van der Waals surface area contributed by atoms with Crippen LogP contribution < -0.4 is 4.74 Å². The lowest BCUT2D eigenvalue weighted by Crippen LogP contribution is -2.30. The van der Waals surface area contributed by atoms with Crippen LogP contribution in [0.3, 0.4) is 0 Å². The van der Waals surface area contributed by atoms with Gasteiger partial charge in [-0.15, -0.1) is 0 Å². The van der Waals surface area contributed by atoms with Gasteiger partial charge < -0.3 is 9.84 Å². The molecule has 1 amide bonds. The summed E-state index contributed by atoms with van der Waals surface area (Å²) in [7, 11) is 0. The number of thiocarbonyl (C=S) groups is 1. The van der Waals surface area contributed by atoms with Crippen LogP contribution in [0.15, 0.2) is 45.8 Å². The Bertz CT molecular complexity index is 1060. The molecule has 3 rings (SSSR count). The minimum absolute atomic E-state index is 0.0581. The largest absolute Gasteiger partial charge is 0.488 e. The lowest BCUT2D eigenvalue weighted by atomic mass is 10.2. The molecule has 1 saturated heterocycles. The molecule has 2 aromatic rings. The van der Waals surface area contributed by atoms with E-state index in [2.05, 4.69) is 15.9 Å². The fourth-order valence-electron chi connectivity index (χ4n) is 2.57. The lowest BCUT2D eigenvalue weighted by Gasteiger charge is -2.12. The third kappa shape index (κ3) is 5.76. The number of rotatable bonds is 7. The summed E-state index contributed by atoms with van der Waals surface area (Å²) in [6, 6.07) is 10.7. The zero-order valence-electron chi connectivity index (χ0n) is 15.2. The van der Waals surface area contributed by atoms with E-state index in [0.29, 0.717) is 31.6 Å². The molecule has 1 fully saturated rings. The van der Waals surface area contributed by atoms with E-state index >= 15 is 0 Å². The van der Waals surface area contributed by atoms with Crippen molar-refractivity contribution >= 4 is 85.4 Å². The first-order valence-electron chi connectivity index (χ1n) is 8.58. The smallest absolute Gasteiger partial charge is 0.305 e. The van der Waals surface area contributed by atoms with E-state index < -0.39 is 5.97 Å². The number of carbonyl (C=O) groups is 2. The van der Waals surface area contributed by atoms with Gasteiger partial charge in [-0.3, -0.25) is 14.5 Å². The number of carboxylic acid groups (broad SMARTS) is 1. The van der Waals surface area contributed by atoms with Crippen molar-refractivity contribution in [3.63, 3.8) is 0 Å². The maximum atomic E-state index is 12.5. The molecule has 0 atom stereocenters. The van der Waals surface area contributed by atoms with Gasteiger partial charge in [0, 0.05) is 6.54 Å². The highest BCUT2D eigenvalue weighted by Crippen LogP contribution is 2.34. The molecule has 0 bridgehead atoms. The fourth-order valence-corrected chi connectivity index (χ4v) is 4.71. The van der Waals surface area contributed by atoms with Crippen LogP contribution >= 0.6 is 63.1 Å². The first-order valence-corrected chi connectivity index (χ1v) is 11.4. The Balaban J connectivity index is 1.69. The van der Waals surface area contributed by atoms with Crippen molar-refractivity contribution in [2.24, 2.45) is 0 Å². The molecule has 1 aliphatic rings. The van der Waals surface area contributed by atoms with Crippen molar-refractivity contribution in [1.82, 2.24) is 4.90 Å². The van der Waals surface area contributed by atoms with Gasteiger partial charge in [0.05, 0.1) is 25.8 Å². The number of carbonyl (C=O) groups excluding carboxylic acids is 1. The number of amides is 1. The standard InChI is InChI=1S/C20H14BrCl2NO4S2/c21-13-7-11(9-17-19(27)24(20(29)30-17)6-5-18(25)26)2-4-16(13)28-10-12-1-3-14(22)15(23)8-12/h1-4,7-9H,5-6,10H2,(H,25,26)/b17-9+. The number of halogens is 3. The average molecular weight is 547 g/mol. The van der Waals surface area contributed by atoms with Crippen LogP contribution in [0.5, 0.6) is 5.75 Å². The number of nitrogens with zero attached hydrogens (tertiary/aromatic N) is 1. The molecule has 30 heavy (non-hydrogen) atoms. The summed E-state index contributed by atoms with van der Waals surface area (Å²) in [5.41, 5.74) is 1.66. The Morgan fingerprint density at radius 1 is 1.23 bits per heavy atom. The highest BCUT2D eigenvalue weighted by molar-refractivity contribution is 9.10. The molecule has 0 unspecified atom stereocenters. The van der Waals surface area contributed by atoms with Gasteiger partial charge in [0.25, 0.3) is 5.91 Å². The Hall–Kier alpha value is -1.58. The molecule has 2 aromatic carbocycles. The van der Waals surface area contributed by atoms with Crippen molar-refractivity contribution < 1.29 is 19.4 Å². The molecular formula is C20H14BrCl2NO4S2. The zero-order chi connectivity index (χ0) is 21.8. The summed E-state index contributed by atoms with van der Waals surface area (Å²) in [5.74, 6) is -0.636. The highest BCUT2D eigenvalue weighted by atomic mass is 79.9. The van der Waals surface area contributed by atoms with Gasteiger partial charge in [-0.2, -0.15) is 0 Å². The Labute approximate surface area is 201 Å². The van der Waals surface area contributed by atoms with E-state index in [0.717, 1.165) is 27.4 Å². The van der Waals surface area contributed by atoms with Gasteiger partial charge in [-0.05, 0) is 57.4 Å². The SMILES string of the molecule is O=C(O)CCN1C(=O)/C(=C\c2ccc(OCc3ccc(Cl)c(Cl)c3)c(Br)c2)SC1=S. The fraction of sp³-hybridized carbons (Fsp3) is 0.150. The molecule has 1 heterocycles. The molecule has 5 nitrogen and oxygen atoms in total. The van der Waals surface area contributed by atoms with Gasteiger partial charge in [-0.25, -0.2) is 0 Å². The molecule has 0 aromatic heterocycles. The average Bonchev–Trinajstić information content (AvgIpc) is 2.95. The Morgan fingerprint density at radius 3 is 2.67 bits per heavy atom. The third-order valence-electron chi connectivity index (χ3n) is 4.05. The van der Waals surface area contributed by atoms with Crippen molar-refractivity contribution in [2.45, 2.75) is 13.0 Å². The summed E-state index contributed by atoms with van der Waals surface area (Å²) in [5, 5.41) is 9.77. The van der Waals surface area contributed by atoms with E-state index in [-0.39, 0.29) is 18.9 Å². The Morgan fingerprint density at radius 2 is 2.00 bits per heavy atom. The summed E-state index contributed by atoms with van der Waals surface area (Å²) in [6.07, 6.45) is 1.56. The third-order valence-corrected chi connectivity index (χ3v) is 6.79. The zero-order valence-corrected chi connectivity index (χ0v) is 20.0. The van der Waals surface area contributed by atoms with Crippen LogP contribution in [0.4, 0.5) is 0 Å². The number of hydrogen-bond donors (Lipinski definition) is 1. The maximum absolute atomic E-state index is 12.5. The number of carboxylic acids is 1. The van der Waals surface area contributed by atoms with Gasteiger partial charge in [-0.1, -0.05) is 59.3 Å². The van der Waals surface area contributed by atoms with E-state index in [4.69, 9.17) is 45.3 Å². The molecule has 1 N–H and O–H groups in total. The van der Waals surface area contributed by atoms with Gasteiger partial charge >= 0.3 is 5.97 Å². The second-order valence-electron chi connectivity index (χ2n) is 6.20. The van der Waals surface area contributed by atoms with Crippen LogP contribution in [-0.4, -0.2) is 32.7 Å². The molecular weight excluding hydrogens is 533 g/mol. The monoisotopic (exact) mass is 545 g/mol. The molecule has 0 aliphatic carbocycles. The van der Waals surface area contributed by atoms with E-state index in [1.54, 1.807) is 24.3 Å². The second-order valence-corrected chi connectivity index (χ2v) is 9.55. The van der Waals surface area contributed by atoms with Crippen LogP contribution in [0.2, 0.25) is 10.0 Å². The lowest BCUT2D eigenvalue weighted by molar-refractivity contribution is -0.137. The van der Waals surface area contributed by atoms with Crippen LogP contribution in [-0.2, 0) is 16.2 Å². The summed E-state index contributed by atoms with van der Waals surface area (Å²) in [6.45, 7) is 0.375. The topological polar surface area (TPSA) is 66.8 Å². The summed E-state index contributed by atoms with van der Waals surface area (Å²) in [4.78, 5) is 25.0. The van der Waals surface area contributed by atoms with E-state index in [1.165, 1.54) is 4.90 Å². The number of benzene rings is 2. The maximum Gasteiger partial charge on any atom is 0.305 e. The van der Waals surface area contributed by atoms with Crippen LogP contribution in [0.25, 0.3) is 6.08 Å². The van der Waals surface area contributed by atoms with Gasteiger partial charge in [0.15, 0.2) is 0 Å². The Kier molecular flexibility index (Phi) is 7.81. The highest BCUT2D eigenvalue weighted by Gasteiger charge is 2.32. The summed E-state index contributed by atoms with van der Waals surface area (Å²) < 4.78 is 6.90. The van der Waals surface area contributed by atoms with Crippen molar-refractivity contribution in [3.05, 3.63) is 66.9 Å². The molecule has 1 aliphatic heterocycles. The molecule has 0 spiro atoms. The predicted octanol–water partition coefficient (Wildman–Crippen LogP) is 6.01. The molecule has 156 valence electrons. The number of ether oxygens (including phenoxy) is 1. The first-order chi connectivity index (χ1) is 14.2. The van der Waals surface area contributed by atoms with Crippen molar-refractivity contribution in [3.8, 4) is 5.75 Å². The number of aliphatic carboxylic acids is 1. The van der Waals surface area contributed by atoms with Crippen LogP contribution in [0.1, 0.15) is 17.5 Å². The van der Waals surface area contributed by atoms with E-state index in [1.807, 2.05) is 18.2 Å². The minimum Gasteiger partial charge on any atom is -0.488 e. The summed E-state index contributed by atoms with van der Waals surface area (Å²) >= 11 is 21.8. The van der Waals surface area contributed by atoms with Gasteiger partial charge in [0.2, 0.25) is 0 Å². The van der Waals surface area contributed by atoms with Crippen molar-refractivity contribution in [1.29, 1.82) is 0 Å². The van der Waals surface area contributed by atoms with Crippen LogP contribution in [0, 0.1) is 0 Å². The minimum atomic E-state index is -0.978. The normalized spacial score (nSPS) is 15.2. The molecule has 0 saturated carbocycles. The second kappa shape index (κ2) is 10.2. The quantitative estimate of drug-likeness (QED) is 0.339. The number of thioether (sulfide) groups is 1. The predicted molar refractivity (Wildman–Crippen MR) is 127 cm³/mol. The van der Waals surface area contributed by atoms with Crippen molar-refractivity contribution in [2.75, 3.05) is 6.54 Å². The van der Waals surface area contributed by atoms with Gasteiger partial charge in [0.1, 0.15) is 16.7 Å². The first kappa shape index (κ1) is 23.1. The van der Waals surface area contributed by atoms with E-state index in [9.17, 15) is 9.59 Å². The molecule has 10 heteroatoms.